The fraction of sp³-hybridized carbons (Fsp3) is 0.217. The van der Waals surface area contributed by atoms with Crippen LogP contribution >= 0.6 is 15.9 Å². The van der Waals surface area contributed by atoms with Crippen molar-refractivity contribution in [1.29, 1.82) is 0 Å². The fourth-order valence-electron chi connectivity index (χ4n) is 3.27. The molecule has 180 valence electrons. The lowest BCUT2D eigenvalue weighted by molar-refractivity contribution is -0.139. The Morgan fingerprint density at radius 3 is 2.00 bits per heavy atom. The van der Waals surface area contributed by atoms with Crippen molar-refractivity contribution in [1.82, 2.24) is 15.6 Å². The van der Waals surface area contributed by atoms with Gasteiger partial charge in [-0.25, -0.2) is 4.79 Å². The van der Waals surface area contributed by atoms with E-state index in [4.69, 9.17) is 0 Å². The van der Waals surface area contributed by atoms with Crippen LogP contribution in [-0.4, -0.2) is 11.0 Å². The lowest BCUT2D eigenvalue weighted by Gasteiger charge is -2.24. The first-order valence-electron chi connectivity index (χ1n) is 9.88. The molecule has 0 radical (unpaired) electrons. The predicted octanol–water partition coefficient (Wildman–Crippen LogP) is 7.03. The molecule has 0 fully saturated rings. The van der Waals surface area contributed by atoms with Gasteiger partial charge in [-0.05, 0) is 54.4 Å². The zero-order chi connectivity index (χ0) is 25.1. The average Bonchev–Trinajstić information content (AvgIpc) is 2.77. The first kappa shape index (κ1) is 25.5. The van der Waals surface area contributed by atoms with Crippen molar-refractivity contribution < 1.29 is 31.1 Å². The summed E-state index contributed by atoms with van der Waals surface area (Å²) >= 11 is 3.30. The molecule has 4 nitrogen and oxygen atoms in total. The maximum Gasteiger partial charge on any atom is 0.418 e. The van der Waals surface area contributed by atoms with Crippen LogP contribution in [0.2, 0.25) is 0 Å². The van der Waals surface area contributed by atoms with Crippen LogP contribution < -0.4 is 10.6 Å². The molecule has 0 aliphatic heterocycles. The largest absolute Gasteiger partial charge is 0.418 e. The van der Waals surface area contributed by atoms with Gasteiger partial charge in [0.25, 0.3) is 0 Å². The van der Waals surface area contributed by atoms with Gasteiger partial charge in [0, 0.05) is 10.7 Å². The molecule has 1 heterocycles. The number of amides is 2. The van der Waals surface area contributed by atoms with E-state index in [9.17, 15) is 31.1 Å². The Morgan fingerprint density at radius 2 is 1.44 bits per heavy atom. The average molecular weight is 546 g/mol. The van der Waals surface area contributed by atoms with Crippen LogP contribution in [0.5, 0.6) is 0 Å². The van der Waals surface area contributed by atoms with Crippen molar-refractivity contribution in [3.63, 3.8) is 0 Å². The smallest absolute Gasteiger partial charge is 0.332 e. The SMILES string of the molecule is CC(NC(=O)N[C@@H](c1ccc(C(F)(F)F)cc1)c1ncccc1C(F)(F)F)c1ccc(Br)cc1. The molecule has 0 spiro atoms. The predicted molar refractivity (Wildman–Crippen MR) is 117 cm³/mol. The zero-order valence-electron chi connectivity index (χ0n) is 17.5. The summed E-state index contributed by atoms with van der Waals surface area (Å²) in [5.74, 6) is 0. The highest BCUT2D eigenvalue weighted by molar-refractivity contribution is 9.10. The van der Waals surface area contributed by atoms with Crippen molar-refractivity contribution in [2.75, 3.05) is 0 Å². The number of hydrogen-bond donors (Lipinski definition) is 2. The molecular weight excluding hydrogens is 528 g/mol. The first-order valence-corrected chi connectivity index (χ1v) is 10.7. The molecule has 2 N–H and O–H groups in total. The Labute approximate surface area is 199 Å². The van der Waals surface area contributed by atoms with E-state index in [0.29, 0.717) is 0 Å². The maximum absolute atomic E-state index is 13.6. The molecule has 11 heteroatoms. The number of carbonyl (C=O) groups is 1. The Hall–Kier alpha value is -3.08. The molecule has 2 atom stereocenters. The highest BCUT2D eigenvalue weighted by atomic mass is 79.9. The third kappa shape index (κ3) is 6.28. The van der Waals surface area contributed by atoms with Gasteiger partial charge >= 0.3 is 18.4 Å². The van der Waals surface area contributed by atoms with E-state index >= 15 is 0 Å². The zero-order valence-corrected chi connectivity index (χ0v) is 19.1. The number of benzene rings is 2. The number of carbonyl (C=O) groups excluding carboxylic acids is 1. The van der Waals surface area contributed by atoms with E-state index in [1.165, 1.54) is 0 Å². The number of rotatable bonds is 5. The molecule has 1 unspecified atom stereocenters. The Kier molecular flexibility index (Phi) is 7.54. The molecule has 0 aliphatic carbocycles. The monoisotopic (exact) mass is 545 g/mol. The van der Waals surface area contributed by atoms with Crippen LogP contribution in [0.15, 0.2) is 71.3 Å². The van der Waals surface area contributed by atoms with Gasteiger partial charge in [0.2, 0.25) is 0 Å². The number of hydrogen-bond acceptors (Lipinski definition) is 2. The highest BCUT2D eigenvalue weighted by Crippen LogP contribution is 2.36. The van der Waals surface area contributed by atoms with Gasteiger partial charge < -0.3 is 10.6 Å². The third-order valence-corrected chi connectivity index (χ3v) is 5.51. The van der Waals surface area contributed by atoms with Crippen LogP contribution in [0.3, 0.4) is 0 Å². The van der Waals surface area contributed by atoms with Crippen LogP contribution in [0.4, 0.5) is 31.1 Å². The molecule has 1 aromatic heterocycles. The molecule has 3 aromatic rings. The summed E-state index contributed by atoms with van der Waals surface area (Å²) in [5, 5.41) is 5.05. The summed E-state index contributed by atoms with van der Waals surface area (Å²) < 4.78 is 80.6. The summed E-state index contributed by atoms with van der Waals surface area (Å²) in [6, 6.07) is 9.64. The number of nitrogens with zero attached hydrogens (tertiary/aromatic N) is 1. The van der Waals surface area contributed by atoms with Gasteiger partial charge in [-0.2, -0.15) is 26.3 Å². The summed E-state index contributed by atoms with van der Waals surface area (Å²) in [6.45, 7) is 1.68. The van der Waals surface area contributed by atoms with Crippen molar-refractivity contribution in [2.24, 2.45) is 0 Å². The van der Waals surface area contributed by atoms with Gasteiger partial charge in [-0.1, -0.05) is 40.2 Å². The summed E-state index contributed by atoms with van der Waals surface area (Å²) in [4.78, 5) is 16.5. The minimum atomic E-state index is -4.80. The van der Waals surface area contributed by atoms with Crippen molar-refractivity contribution in [2.45, 2.75) is 31.4 Å². The topological polar surface area (TPSA) is 54.0 Å². The van der Waals surface area contributed by atoms with E-state index in [1.807, 2.05) is 0 Å². The van der Waals surface area contributed by atoms with E-state index < -0.39 is 47.3 Å². The number of pyridine rings is 1. The van der Waals surface area contributed by atoms with Crippen molar-refractivity contribution in [3.8, 4) is 0 Å². The number of aromatic nitrogens is 1. The van der Waals surface area contributed by atoms with E-state index in [1.54, 1.807) is 31.2 Å². The normalized spacial score (nSPS) is 13.8. The van der Waals surface area contributed by atoms with Gasteiger partial charge in [0.05, 0.1) is 28.9 Å². The molecule has 2 amide bonds. The van der Waals surface area contributed by atoms with Crippen LogP contribution in [-0.2, 0) is 12.4 Å². The van der Waals surface area contributed by atoms with Gasteiger partial charge in [-0.3, -0.25) is 4.98 Å². The Bertz CT molecular complexity index is 1130. The first-order chi connectivity index (χ1) is 15.9. The van der Waals surface area contributed by atoms with Crippen LogP contribution in [0, 0.1) is 0 Å². The van der Waals surface area contributed by atoms with Crippen LogP contribution in [0.25, 0.3) is 0 Å². The Morgan fingerprint density at radius 1 is 0.853 bits per heavy atom. The van der Waals surface area contributed by atoms with Gasteiger partial charge in [0.1, 0.15) is 0 Å². The summed E-state index contributed by atoms with van der Waals surface area (Å²) in [7, 11) is 0. The second kappa shape index (κ2) is 10.0. The highest BCUT2D eigenvalue weighted by Gasteiger charge is 2.37. The second-order valence-electron chi connectivity index (χ2n) is 7.38. The molecule has 0 aliphatic rings. The van der Waals surface area contributed by atoms with Gasteiger partial charge in [0.15, 0.2) is 0 Å². The molecule has 34 heavy (non-hydrogen) atoms. The van der Waals surface area contributed by atoms with E-state index in [0.717, 1.165) is 52.6 Å². The molecular formula is C23H18BrF6N3O. The van der Waals surface area contributed by atoms with E-state index in [2.05, 4.69) is 31.5 Å². The quantitative estimate of drug-likeness (QED) is 0.338. The lowest BCUT2D eigenvalue weighted by atomic mass is 9.98. The molecule has 3 rings (SSSR count). The van der Waals surface area contributed by atoms with Crippen molar-refractivity contribution in [3.05, 3.63) is 99.3 Å². The molecule has 0 saturated heterocycles. The second-order valence-corrected chi connectivity index (χ2v) is 8.29. The standard InChI is InChI=1S/C23H18BrF6N3O/c1-13(14-6-10-17(24)11-7-14)32-21(34)33-19(15-4-8-16(9-5-15)22(25,26)27)20-18(23(28,29)30)3-2-12-31-20/h2-13,19H,1H3,(H2,32,33,34)/t13?,19-/m0/s1. The number of halogens is 7. The molecule has 0 saturated carbocycles. The van der Waals surface area contributed by atoms with Crippen LogP contribution in [0.1, 0.15) is 47.0 Å². The number of alkyl halides is 6. The maximum atomic E-state index is 13.6. The van der Waals surface area contributed by atoms with E-state index in [-0.39, 0.29) is 5.56 Å². The number of nitrogens with one attached hydrogen (secondary N) is 2. The minimum Gasteiger partial charge on any atom is -0.332 e. The molecule has 0 bridgehead atoms. The minimum absolute atomic E-state index is 0.00337. The van der Waals surface area contributed by atoms with Gasteiger partial charge in [-0.15, -0.1) is 0 Å². The molecule has 2 aromatic carbocycles. The summed E-state index contributed by atoms with van der Waals surface area (Å²) in [6.07, 6.45) is -8.30. The summed E-state index contributed by atoms with van der Waals surface area (Å²) in [5.41, 5.74) is -1.88. The Balaban J connectivity index is 1.94. The third-order valence-electron chi connectivity index (χ3n) is 4.98. The fourth-order valence-corrected chi connectivity index (χ4v) is 3.53. The van der Waals surface area contributed by atoms with Crippen molar-refractivity contribution >= 4 is 22.0 Å². The lowest BCUT2D eigenvalue weighted by Crippen LogP contribution is -2.40. The number of urea groups is 1.